The van der Waals surface area contributed by atoms with Crippen LogP contribution in [0.4, 0.5) is 0 Å². The van der Waals surface area contributed by atoms with E-state index in [1.54, 1.807) is 0 Å². The number of hydrogen-bond donors (Lipinski definition) is 0. The number of ether oxygens (including phenoxy) is 6. The molecule has 3 aliphatic rings. The van der Waals surface area contributed by atoms with Crippen LogP contribution < -0.4 is 0 Å². The van der Waals surface area contributed by atoms with E-state index in [1.165, 1.54) is 0 Å². The third-order valence-electron chi connectivity index (χ3n) is 4.71. The van der Waals surface area contributed by atoms with Crippen LogP contribution in [-0.2, 0) is 35.0 Å². The summed E-state index contributed by atoms with van der Waals surface area (Å²) in [4.78, 5) is 0. The molecule has 25 heavy (non-hydrogen) atoms. The van der Waals surface area contributed by atoms with Crippen LogP contribution in [0, 0.1) is 0 Å². The molecule has 6 nitrogen and oxygen atoms in total. The van der Waals surface area contributed by atoms with Gasteiger partial charge in [-0.3, -0.25) is 0 Å². The summed E-state index contributed by atoms with van der Waals surface area (Å²) in [7, 11) is 0. The van der Waals surface area contributed by atoms with Gasteiger partial charge >= 0.3 is 0 Å². The molecule has 0 amide bonds. The van der Waals surface area contributed by atoms with Crippen LogP contribution in [0.1, 0.15) is 33.3 Å². The first kappa shape index (κ1) is 17.4. The Morgan fingerprint density at radius 3 is 2.52 bits per heavy atom. The van der Waals surface area contributed by atoms with Crippen molar-refractivity contribution in [1.82, 2.24) is 0 Å². The first-order chi connectivity index (χ1) is 11.8. The van der Waals surface area contributed by atoms with Crippen LogP contribution in [0.2, 0.25) is 0 Å². The fourth-order valence-electron chi connectivity index (χ4n) is 3.76. The molecule has 4 atom stereocenters. The van der Waals surface area contributed by atoms with Gasteiger partial charge < -0.3 is 28.4 Å². The van der Waals surface area contributed by atoms with Gasteiger partial charge in [-0.1, -0.05) is 30.3 Å². The summed E-state index contributed by atoms with van der Waals surface area (Å²) in [5, 5.41) is 0. The molecule has 138 valence electrons. The van der Waals surface area contributed by atoms with Crippen LogP contribution in [0.25, 0.3) is 0 Å². The molecular formula is C19H26O6. The van der Waals surface area contributed by atoms with Crippen LogP contribution in [0.15, 0.2) is 30.3 Å². The molecule has 0 saturated carbocycles. The minimum Gasteiger partial charge on any atom is -0.371 e. The molecule has 0 radical (unpaired) electrons. The van der Waals surface area contributed by atoms with Gasteiger partial charge in [0.2, 0.25) is 5.79 Å². The Labute approximate surface area is 148 Å². The second-order valence-corrected chi connectivity index (χ2v) is 7.78. The second kappa shape index (κ2) is 6.01. The van der Waals surface area contributed by atoms with Gasteiger partial charge in [0.05, 0.1) is 13.2 Å². The van der Waals surface area contributed by atoms with E-state index in [-0.39, 0.29) is 24.9 Å². The second-order valence-electron chi connectivity index (χ2n) is 7.78. The fraction of sp³-hybridized carbons (Fsp3) is 0.684. The van der Waals surface area contributed by atoms with Gasteiger partial charge in [0, 0.05) is 0 Å². The van der Waals surface area contributed by atoms with Crippen LogP contribution in [-0.4, -0.2) is 48.9 Å². The Hall–Kier alpha value is -1.02. The first-order valence-corrected chi connectivity index (χ1v) is 8.78. The average Bonchev–Trinajstić information content (AvgIpc) is 2.95. The Morgan fingerprint density at radius 1 is 1.00 bits per heavy atom. The monoisotopic (exact) mass is 350 g/mol. The Bertz CT molecular complexity index is 616. The lowest BCUT2D eigenvalue weighted by Gasteiger charge is -2.38. The third-order valence-corrected chi connectivity index (χ3v) is 4.71. The fourth-order valence-corrected chi connectivity index (χ4v) is 3.76. The molecule has 4 rings (SSSR count). The highest BCUT2D eigenvalue weighted by Gasteiger charge is 2.67. The highest BCUT2D eigenvalue weighted by Crippen LogP contribution is 2.49. The van der Waals surface area contributed by atoms with Gasteiger partial charge in [-0.15, -0.1) is 0 Å². The zero-order chi connectivity index (χ0) is 17.7. The lowest BCUT2D eigenvalue weighted by molar-refractivity contribution is -0.331. The zero-order valence-corrected chi connectivity index (χ0v) is 15.2. The Kier molecular flexibility index (Phi) is 4.18. The smallest absolute Gasteiger partial charge is 0.224 e. The van der Waals surface area contributed by atoms with Gasteiger partial charge in [-0.05, 0) is 33.3 Å². The molecule has 6 heteroatoms. The Balaban J connectivity index is 1.49. The van der Waals surface area contributed by atoms with Crippen LogP contribution >= 0.6 is 0 Å². The number of rotatable bonds is 4. The van der Waals surface area contributed by atoms with Crippen molar-refractivity contribution >= 4 is 0 Å². The summed E-state index contributed by atoms with van der Waals surface area (Å²) in [6.07, 6.45) is -0.827. The van der Waals surface area contributed by atoms with E-state index >= 15 is 0 Å². The maximum Gasteiger partial charge on any atom is 0.224 e. The van der Waals surface area contributed by atoms with Crippen molar-refractivity contribution in [1.29, 1.82) is 0 Å². The van der Waals surface area contributed by atoms with Crippen LogP contribution in [0.3, 0.4) is 0 Å². The molecule has 3 fully saturated rings. The van der Waals surface area contributed by atoms with E-state index < -0.39 is 17.4 Å². The van der Waals surface area contributed by atoms with Gasteiger partial charge in [0.25, 0.3) is 0 Å². The summed E-state index contributed by atoms with van der Waals surface area (Å²) in [6, 6.07) is 10.0. The van der Waals surface area contributed by atoms with E-state index in [9.17, 15) is 0 Å². The van der Waals surface area contributed by atoms with Crippen molar-refractivity contribution < 1.29 is 28.4 Å². The molecule has 1 aromatic carbocycles. The van der Waals surface area contributed by atoms with E-state index in [0.717, 1.165) is 5.56 Å². The van der Waals surface area contributed by atoms with Gasteiger partial charge in [-0.2, -0.15) is 0 Å². The predicted molar refractivity (Wildman–Crippen MR) is 88.6 cm³/mol. The van der Waals surface area contributed by atoms with Crippen LogP contribution in [0.5, 0.6) is 0 Å². The van der Waals surface area contributed by atoms with Crippen molar-refractivity contribution in [2.24, 2.45) is 0 Å². The maximum absolute atomic E-state index is 6.22. The minimum absolute atomic E-state index is 0.227. The summed E-state index contributed by atoms with van der Waals surface area (Å²) in [6.45, 7) is 8.77. The topological polar surface area (TPSA) is 55.4 Å². The molecule has 1 aromatic rings. The largest absolute Gasteiger partial charge is 0.371 e. The molecule has 0 aliphatic carbocycles. The molecule has 0 N–H and O–H groups in total. The van der Waals surface area contributed by atoms with Gasteiger partial charge in [0.1, 0.15) is 24.9 Å². The lowest BCUT2D eigenvalue weighted by atomic mass is 10.0. The van der Waals surface area contributed by atoms with Crippen molar-refractivity contribution in [3.05, 3.63) is 35.9 Å². The average molecular weight is 350 g/mol. The molecule has 3 saturated heterocycles. The van der Waals surface area contributed by atoms with Crippen molar-refractivity contribution in [2.75, 3.05) is 13.2 Å². The summed E-state index contributed by atoms with van der Waals surface area (Å²) < 4.78 is 36.2. The SMILES string of the molecule is CC1(C)OCC2OC3(COCc4ccccc4)OC(C)(C)OC3C2O1. The summed E-state index contributed by atoms with van der Waals surface area (Å²) >= 11 is 0. The minimum atomic E-state index is -0.975. The molecule has 0 bridgehead atoms. The Morgan fingerprint density at radius 2 is 1.76 bits per heavy atom. The predicted octanol–water partition coefficient (Wildman–Crippen LogP) is 2.60. The lowest BCUT2D eigenvalue weighted by Crippen LogP contribution is -2.51. The van der Waals surface area contributed by atoms with Crippen molar-refractivity contribution in [3.8, 4) is 0 Å². The number of hydrogen-bond acceptors (Lipinski definition) is 6. The normalized spacial score (nSPS) is 38.3. The van der Waals surface area contributed by atoms with E-state index in [2.05, 4.69) is 0 Å². The summed E-state index contributed by atoms with van der Waals surface area (Å²) in [5.74, 6) is -2.39. The number of fused-ring (bicyclic) bond motifs is 3. The third kappa shape index (κ3) is 3.35. The number of benzene rings is 1. The van der Waals surface area contributed by atoms with E-state index in [4.69, 9.17) is 28.4 Å². The molecule has 3 aliphatic heterocycles. The molecule has 3 heterocycles. The van der Waals surface area contributed by atoms with E-state index in [1.807, 2.05) is 58.0 Å². The highest BCUT2D eigenvalue weighted by molar-refractivity contribution is 5.13. The highest BCUT2D eigenvalue weighted by atomic mass is 16.9. The van der Waals surface area contributed by atoms with Gasteiger partial charge in [-0.25, -0.2) is 0 Å². The standard InChI is InChI=1S/C19H26O6/c1-17(2)21-11-14-15(23-17)16-19(22-14,25-18(3,4)24-16)12-20-10-13-8-6-5-7-9-13/h5-9,14-16H,10-12H2,1-4H3. The molecule has 4 unspecified atom stereocenters. The van der Waals surface area contributed by atoms with Crippen molar-refractivity contribution in [2.45, 2.75) is 70.0 Å². The van der Waals surface area contributed by atoms with Gasteiger partial charge in [0.15, 0.2) is 11.6 Å². The molecule has 0 spiro atoms. The zero-order valence-electron chi connectivity index (χ0n) is 15.2. The maximum atomic E-state index is 6.22. The summed E-state index contributed by atoms with van der Waals surface area (Å²) in [5.41, 5.74) is 1.10. The quantitative estimate of drug-likeness (QED) is 0.832. The van der Waals surface area contributed by atoms with E-state index in [0.29, 0.717) is 13.2 Å². The molecular weight excluding hydrogens is 324 g/mol. The first-order valence-electron chi connectivity index (χ1n) is 8.78. The van der Waals surface area contributed by atoms with Crippen molar-refractivity contribution in [3.63, 3.8) is 0 Å². The molecule has 0 aromatic heterocycles.